The Balaban J connectivity index is 1.37. The largest absolute Gasteiger partial charge is 0.387 e. The number of β-amino-alcohol motifs (C(OH)–C–C–N with tert-alkyl or cyclic N) is 1. The number of nitrogens with zero attached hydrogens (tertiary/aromatic N) is 3. The molecule has 1 fully saturated rings. The lowest BCUT2D eigenvalue weighted by atomic mass is 10.0. The number of sulfonamides is 1. The van der Waals surface area contributed by atoms with E-state index < -0.39 is 16.1 Å². The van der Waals surface area contributed by atoms with Gasteiger partial charge in [-0.3, -0.25) is 9.21 Å². The Kier molecular flexibility index (Phi) is 5.55. The van der Waals surface area contributed by atoms with Crippen molar-refractivity contribution in [3.05, 3.63) is 59.2 Å². The van der Waals surface area contributed by atoms with Crippen molar-refractivity contribution in [2.45, 2.75) is 19.4 Å². The van der Waals surface area contributed by atoms with Gasteiger partial charge >= 0.3 is 0 Å². The summed E-state index contributed by atoms with van der Waals surface area (Å²) in [6.07, 6.45) is 1.36. The summed E-state index contributed by atoms with van der Waals surface area (Å²) in [5.41, 5.74) is 5.14. The minimum absolute atomic E-state index is 0.481. The highest BCUT2D eigenvalue weighted by molar-refractivity contribution is 7.92. The molecule has 2 aromatic carbocycles. The van der Waals surface area contributed by atoms with Gasteiger partial charge in [-0.1, -0.05) is 24.3 Å². The van der Waals surface area contributed by atoms with Crippen LogP contribution in [-0.4, -0.2) is 63.9 Å². The zero-order valence-corrected chi connectivity index (χ0v) is 17.9. The molecule has 0 radical (unpaired) electrons. The lowest BCUT2D eigenvalue weighted by Crippen LogP contribution is -2.47. The van der Waals surface area contributed by atoms with Gasteiger partial charge in [-0.15, -0.1) is 0 Å². The van der Waals surface area contributed by atoms with Crippen LogP contribution in [0.5, 0.6) is 0 Å². The molecule has 2 aliphatic rings. The van der Waals surface area contributed by atoms with E-state index >= 15 is 0 Å². The van der Waals surface area contributed by atoms with Crippen molar-refractivity contribution in [2.75, 3.05) is 54.7 Å². The molecule has 0 aromatic heterocycles. The van der Waals surface area contributed by atoms with Gasteiger partial charge in [0.25, 0.3) is 0 Å². The number of benzene rings is 2. The van der Waals surface area contributed by atoms with Gasteiger partial charge in [-0.05, 0) is 48.2 Å². The first kappa shape index (κ1) is 20.2. The van der Waals surface area contributed by atoms with Crippen LogP contribution in [0.15, 0.2) is 42.5 Å². The lowest BCUT2D eigenvalue weighted by Gasteiger charge is -2.37. The molecule has 2 aromatic rings. The predicted octanol–water partition coefficient (Wildman–Crippen LogP) is 2.17. The van der Waals surface area contributed by atoms with Crippen molar-refractivity contribution >= 4 is 21.4 Å². The molecule has 0 saturated carbocycles. The fourth-order valence-electron chi connectivity index (χ4n) is 4.31. The Morgan fingerprint density at radius 3 is 2.48 bits per heavy atom. The summed E-state index contributed by atoms with van der Waals surface area (Å²) >= 11 is 0. The van der Waals surface area contributed by atoms with E-state index in [0.717, 1.165) is 43.0 Å². The average molecular weight is 416 g/mol. The molecule has 0 amide bonds. The lowest BCUT2D eigenvalue weighted by molar-refractivity contribution is 0.109. The number of rotatable bonds is 5. The Morgan fingerprint density at radius 2 is 1.79 bits per heavy atom. The van der Waals surface area contributed by atoms with Crippen molar-refractivity contribution in [1.29, 1.82) is 0 Å². The molecule has 2 heterocycles. The van der Waals surface area contributed by atoms with E-state index in [2.05, 4.69) is 41.0 Å². The number of fused-ring (bicyclic) bond motifs is 1. The quantitative estimate of drug-likeness (QED) is 0.811. The van der Waals surface area contributed by atoms with Crippen molar-refractivity contribution in [3.8, 4) is 0 Å². The van der Waals surface area contributed by atoms with Crippen LogP contribution in [0.1, 0.15) is 22.8 Å². The van der Waals surface area contributed by atoms with E-state index in [-0.39, 0.29) is 0 Å². The van der Waals surface area contributed by atoms with E-state index in [1.54, 1.807) is 0 Å². The minimum atomic E-state index is -3.24. The number of hydrogen-bond acceptors (Lipinski definition) is 5. The summed E-state index contributed by atoms with van der Waals surface area (Å²) in [4.78, 5) is 4.69. The Bertz CT molecular complexity index is 985. The number of piperazine rings is 1. The van der Waals surface area contributed by atoms with Gasteiger partial charge in [0.1, 0.15) is 0 Å². The molecular weight excluding hydrogens is 386 g/mol. The molecule has 4 rings (SSSR count). The van der Waals surface area contributed by atoms with Crippen molar-refractivity contribution < 1.29 is 13.5 Å². The third-order valence-electron chi connectivity index (χ3n) is 5.91. The Labute approximate surface area is 173 Å². The Morgan fingerprint density at radius 1 is 1.03 bits per heavy atom. The smallest absolute Gasteiger partial charge is 0.232 e. The van der Waals surface area contributed by atoms with Crippen molar-refractivity contribution in [1.82, 2.24) is 4.90 Å². The van der Waals surface area contributed by atoms with Crippen LogP contribution in [0.2, 0.25) is 0 Å². The molecule has 0 bridgehead atoms. The maximum atomic E-state index is 11.9. The van der Waals surface area contributed by atoms with Crippen LogP contribution in [0.25, 0.3) is 0 Å². The van der Waals surface area contributed by atoms with Gasteiger partial charge in [0.2, 0.25) is 10.0 Å². The summed E-state index contributed by atoms with van der Waals surface area (Å²) in [5.74, 6) is 0. The highest BCUT2D eigenvalue weighted by atomic mass is 32.2. The minimum Gasteiger partial charge on any atom is -0.387 e. The van der Waals surface area contributed by atoms with Crippen molar-refractivity contribution in [2.24, 2.45) is 0 Å². The summed E-state index contributed by atoms with van der Waals surface area (Å²) in [5, 5.41) is 10.8. The molecule has 1 atom stereocenters. The molecule has 156 valence electrons. The van der Waals surface area contributed by atoms with Gasteiger partial charge in [0.05, 0.1) is 18.0 Å². The van der Waals surface area contributed by atoms with E-state index in [4.69, 9.17) is 0 Å². The number of hydrogen-bond donors (Lipinski definition) is 1. The van der Waals surface area contributed by atoms with Crippen LogP contribution < -0.4 is 9.21 Å². The molecule has 1 saturated heterocycles. The third-order valence-corrected chi connectivity index (χ3v) is 7.09. The van der Waals surface area contributed by atoms with E-state index in [1.165, 1.54) is 21.8 Å². The van der Waals surface area contributed by atoms with Crippen LogP contribution >= 0.6 is 0 Å². The average Bonchev–Trinajstić information content (AvgIpc) is 3.12. The monoisotopic (exact) mass is 415 g/mol. The zero-order chi connectivity index (χ0) is 20.6. The highest BCUT2D eigenvalue weighted by Gasteiger charge is 2.27. The summed E-state index contributed by atoms with van der Waals surface area (Å²) in [6, 6.07) is 14.2. The topological polar surface area (TPSA) is 64.1 Å². The second-order valence-corrected chi connectivity index (χ2v) is 10.0. The molecule has 0 aliphatic carbocycles. The van der Waals surface area contributed by atoms with Gasteiger partial charge in [0, 0.05) is 45.0 Å². The summed E-state index contributed by atoms with van der Waals surface area (Å²) < 4.78 is 25.2. The SMILES string of the molecule is Cc1cccc(N2CCN(CC(O)c3ccc4c(c3)CCN4S(C)(=O)=O)CC2)c1. The second kappa shape index (κ2) is 7.97. The molecule has 2 aliphatic heterocycles. The molecule has 1 unspecified atom stereocenters. The van der Waals surface area contributed by atoms with E-state index in [9.17, 15) is 13.5 Å². The normalized spacial score (nSPS) is 18.7. The molecule has 7 heteroatoms. The molecule has 1 N–H and O–H groups in total. The van der Waals surface area contributed by atoms with Crippen LogP contribution in [0, 0.1) is 6.92 Å². The van der Waals surface area contributed by atoms with E-state index in [1.807, 2.05) is 18.2 Å². The fourth-order valence-corrected chi connectivity index (χ4v) is 5.26. The van der Waals surface area contributed by atoms with Gasteiger partial charge in [-0.2, -0.15) is 0 Å². The van der Waals surface area contributed by atoms with Crippen LogP contribution in [0.4, 0.5) is 11.4 Å². The van der Waals surface area contributed by atoms with Crippen LogP contribution in [0.3, 0.4) is 0 Å². The molecular formula is C22H29N3O3S. The maximum Gasteiger partial charge on any atom is 0.232 e. The molecule has 29 heavy (non-hydrogen) atoms. The third kappa shape index (κ3) is 4.42. The maximum absolute atomic E-state index is 11.9. The zero-order valence-electron chi connectivity index (χ0n) is 17.1. The standard InChI is InChI=1S/C22H29N3O3S/c1-17-4-3-5-20(14-17)24-12-10-23(11-13-24)16-22(26)19-6-7-21-18(15-19)8-9-25(21)29(2,27)28/h3-7,14-15,22,26H,8-13,16H2,1-2H3. The van der Waals surface area contributed by atoms with Gasteiger partial charge in [0.15, 0.2) is 0 Å². The second-order valence-electron chi connectivity index (χ2n) is 8.12. The first-order valence-corrected chi connectivity index (χ1v) is 12.0. The van der Waals surface area contributed by atoms with E-state index in [0.29, 0.717) is 19.5 Å². The van der Waals surface area contributed by atoms with Crippen molar-refractivity contribution in [3.63, 3.8) is 0 Å². The first-order chi connectivity index (χ1) is 13.8. The number of aliphatic hydroxyl groups is 1. The summed E-state index contributed by atoms with van der Waals surface area (Å²) in [6.45, 7) is 6.91. The predicted molar refractivity (Wildman–Crippen MR) is 117 cm³/mol. The van der Waals surface area contributed by atoms with Crippen LogP contribution in [-0.2, 0) is 16.4 Å². The number of aliphatic hydroxyl groups excluding tert-OH is 1. The first-order valence-electron chi connectivity index (χ1n) is 10.1. The molecule has 6 nitrogen and oxygen atoms in total. The summed E-state index contributed by atoms with van der Waals surface area (Å²) in [7, 11) is -3.24. The van der Waals surface area contributed by atoms with Gasteiger partial charge < -0.3 is 10.0 Å². The number of anilines is 2. The highest BCUT2D eigenvalue weighted by Crippen LogP contribution is 2.32. The Hall–Kier alpha value is -2.09. The fraction of sp³-hybridized carbons (Fsp3) is 0.455. The van der Waals surface area contributed by atoms with Gasteiger partial charge in [-0.25, -0.2) is 8.42 Å². The number of aryl methyl sites for hydroxylation is 1. The molecule has 0 spiro atoms.